The van der Waals surface area contributed by atoms with Crippen molar-refractivity contribution >= 4 is 21.9 Å². The van der Waals surface area contributed by atoms with Crippen LogP contribution < -0.4 is 10.6 Å². The van der Waals surface area contributed by atoms with Crippen molar-refractivity contribution in [3.8, 4) is 11.5 Å². The summed E-state index contributed by atoms with van der Waals surface area (Å²) in [4.78, 5) is 11.0. The van der Waals surface area contributed by atoms with Crippen molar-refractivity contribution in [2.24, 2.45) is 5.73 Å². The number of rotatable bonds is 2. The highest BCUT2D eigenvalue weighted by Gasteiger charge is 2.19. The van der Waals surface area contributed by atoms with Gasteiger partial charge in [0.1, 0.15) is 5.69 Å². The Kier molecular flexibility index (Phi) is 3.48. The van der Waals surface area contributed by atoms with E-state index in [-0.39, 0.29) is 0 Å². The largest absolute Gasteiger partial charge is 0.339 e. The molecular weight excluding hydrogens is 308 g/mol. The quantitative estimate of drug-likeness (QED) is 0.876. The summed E-state index contributed by atoms with van der Waals surface area (Å²) >= 11 is 3.36. The first-order chi connectivity index (χ1) is 9.22. The van der Waals surface area contributed by atoms with Crippen molar-refractivity contribution < 1.29 is 0 Å². The summed E-state index contributed by atoms with van der Waals surface area (Å²) in [7, 11) is 0. The number of anilines is 1. The van der Waals surface area contributed by atoms with E-state index in [1.54, 1.807) is 6.20 Å². The molecule has 1 fully saturated rings. The van der Waals surface area contributed by atoms with E-state index in [1.165, 1.54) is 0 Å². The number of H-pyrrole nitrogens is 1. The third-order valence-electron chi connectivity index (χ3n) is 3.27. The van der Waals surface area contributed by atoms with Gasteiger partial charge in [0.15, 0.2) is 5.82 Å². The molecule has 2 aromatic rings. The number of aromatic amines is 1. The Balaban J connectivity index is 1.77. The second-order valence-corrected chi connectivity index (χ2v) is 5.59. The number of hydrogen-bond donors (Lipinski definition) is 2. The molecule has 0 amide bonds. The Morgan fingerprint density at radius 2 is 2.11 bits per heavy atom. The minimum Gasteiger partial charge on any atom is -0.339 e. The van der Waals surface area contributed by atoms with Crippen molar-refractivity contribution in [2.75, 3.05) is 18.0 Å². The summed E-state index contributed by atoms with van der Waals surface area (Å²) < 4.78 is 0.945. The third-order valence-corrected chi connectivity index (χ3v) is 3.74. The molecule has 0 radical (unpaired) electrons. The Labute approximate surface area is 119 Å². The van der Waals surface area contributed by atoms with Gasteiger partial charge in [-0.1, -0.05) is 0 Å². The number of hydrogen-bond acceptors (Lipinski definition) is 5. The topological polar surface area (TPSA) is 83.7 Å². The molecule has 19 heavy (non-hydrogen) atoms. The van der Waals surface area contributed by atoms with Crippen LogP contribution in [0.2, 0.25) is 0 Å². The lowest BCUT2D eigenvalue weighted by atomic mass is 10.1. The summed E-state index contributed by atoms with van der Waals surface area (Å²) in [5.74, 6) is 1.42. The van der Waals surface area contributed by atoms with Crippen LogP contribution in [0.25, 0.3) is 11.5 Å². The number of aromatic nitrogens is 4. The highest BCUT2D eigenvalue weighted by Crippen LogP contribution is 2.19. The standard InChI is InChI=1S/C12H15BrN6/c13-8-1-2-10(15-7-8)11-16-12(18-17-11)19-5-3-9(14)4-6-19/h1-2,7,9H,3-6,14H2,(H,16,17,18). The molecular formula is C12H15BrN6. The van der Waals surface area contributed by atoms with Crippen molar-refractivity contribution in [2.45, 2.75) is 18.9 Å². The second kappa shape index (κ2) is 5.26. The van der Waals surface area contributed by atoms with Gasteiger partial charge in [0, 0.05) is 29.8 Å². The van der Waals surface area contributed by atoms with E-state index in [4.69, 9.17) is 5.73 Å². The molecule has 0 aromatic carbocycles. The van der Waals surface area contributed by atoms with Gasteiger partial charge < -0.3 is 10.6 Å². The summed E-state index contributed by atoms with van der Waals surface area (Å²) in [6, 6.07) is 4.15. The van der Waals surface area contributed by atoms with E-state index in [0.717, 1.165) is 42.0 Å². The summed E-state index contributed by atoms with van der Waals surface area (Å²) in [6.45, 7) is 1.82. The highest BCUT2D eigenvalue weighted by molar-refractivity contribution is 9.10. The minimum absolute atomic E-state index is 0.308. The van der Waals surface area contributed by atoms with Crippen LogP contribution in [0.15, 0.2) is 22.8 Å². The lowest BCUT2D eigenvalue weighted by Gasteiger charge is -2.28. The van der Waals surface area contributed by atoms with Gasteiger partial charge in [-0.25, -0.2) is 0 Å². The maximum absolute atomic E-state index is 5.90. The molecule has 2 aromatic heterocycles. The Morgan fingerprint density at radius 1 is 1.32 bits per heavy atom. The molecule has 6 nitrogen and oxygen atoms in total. The van der Waals surface area contributed by atoms with Crippen LogP contribution in [-0.2, 0) is 0 Å². The molecule has 3 heterocycles. The van der Waals surface area contributed by atoms with Gasteiger partial charge in [-0.3, -0.25) is 10.1 Å². The normalized spacial score (nSPS) is 16.8. The molecule has 1 aliphatic rings. The first-order valence-electron chi connectivity index (χ1n) is 6.27. The Morgan fingerprint density at radius 3 is 2.79 bits per heavy atom. The van der Waals surface area contributed by atoms with E-state index in [9.17, 15) is 0 Å². The van der Waals surface area contributed by atoms with E-state index in [2.05, 4.69) is 41.0 Å². The molecule has 0 saturated carbocycles. The van der Waals surface area contributed by atoms with Crippen LogP contribution in [0.4, 0.5) is 5.95 Å². The van der Waals surface area contributed by atoms with Crippen LogP contribution in [0.5, 0.6) is 0 Å². The maximum Gasteiger partial charge on any atom is 0.245 e. The van der Waals surface area contributed by atoms with Gasteiger partial charge in [-0.15, -0.1) is 5.10 Å². The van der Waals surface area contributed by atoms with Gasteiger partial charge in [-0.05, 0) is 40.9 Å². The zero-order valence-corrected chi connectivity index (χ0v) is 12.0. The van der Waals surface area contributed by atoms with Gasteiger partial charge in [0.25, 0.3) is 0 Å². The lowest BCUT2D eigenvalue weighted by Crippen LogP contribution is -2.40. The van der Waals surface area contributed by atoms with Crippen LogP contribution in [0.1, 0.15) is 12.8 Å². The predicted molar refractivity (Wildman–Crippen MR) is 76.7 cm³/mol. The van der Waals surface area contributed by atoms with Crippen molar-refractivity contribution in [1.29, 1.82) is 0 Å². The first kappa shape index (κ1) is 12.6. The predicted octanol–water partition coefficient (Wildman–Crippen LogP) is 1.56. The van der Waals surface area contributed by atoms with Crippen molar-refractivity contribution in [3.05, 3.63) is 22.8 Å². The molecule has 1 aliphatic heterocycles. The van der Waals surface area contributed by atoms with Gasteiger partial charge in [0.2, 0.25) is 5.95 Å². The minimum atomic E-state index is 0.308. The summed E-state index contributed by atoms with van der Waals surface area (Å²) in [6.07, 6.45) is 3.72. The zero-order chi connectivity index (χ0) is 13.2. The molecule has 1 saturated heterocycles. The molecule has 100 valence electrons. The zero-order valence-electron chi connectivity index (χ0n) is 10.4. The highest BCUT2D eigenvalue weighted by atomic mass is 79.9. The number of halogens is 1. The average molecular weight is 323 g/mol. The van der Waals surface area contributed by atoms with E-state index >= 15 is 0 Å². The molecule has 3 N–H and O–H groups in total. The second-order valence-electron chi connectivity index (χ2n) is 4.67. The van der Waals surface area contributed by atoms with Crippen molar-refractivity contribution in [3.63, 3.8) is 0 Å². The van der Waals surface area contributed by atoms with Gasteiger partial charge >= 0.3 is 0 Å². The van der Waals surface area contributed by atoms with E-state index < -0.39 is 0 Å². The number of nitrogens with two attached hydrogens (primary N) is 1. The fraction of sp³-hybridized carbons (Fsp3) is 0.417. The van der Waals surface area contributed by atoms with Crippen LogP contribution in [0.3, 0.4) is 0 Å². The molecule has 0 aliphatic carbocycles. The van der Waals surface area contributed by atoms with Gasteiger partial charge in [0.05, 0.1) is 0 Å². The third kappa shape index (κ3) is 2.76. The smallest absolute Gasteiger partial charge is 0.245 e. The monoisotopic (exact) mass is 322 g/mol. The number of nitrogens with zero attached hydrogens (tertiary/aromatic N) is 4. The molecule has 7 heteroatoms. The molecule has 0 atom stereocenters. The maximum atomic E-state index is 5.90. The van der Waals surface area contributed by atoms with Crippen molar-refractivity contribution in [1.82, 2.24) is 20.2 Å². The molecule has 3 rings (SSSR count). The van der Waals surface area contributed by atoms with Crippen LogP contribution >= 0.6 is 15.9 Å². The van der Waals surface area contributed by atoms with Gasteiger partial charge in [-0.2, -0.15) is 4.98 Å². The number of pyridine rings is 1. The average Bonchev–Trinajstić information content (AvgIpc) is 2.90. The Bertz CT molecular complexity index is 544. The summed E-state index contributed by atoms with van der Waals surface area (Å²) in [5, 5.41) is 7.20. The summed E-state index contributed by atoms with van der Waals surface area (Å²) in [5.41, 5.74) is 6.68. The number of piperidine rings is 1. The number of nitrogens with one attached hydrogen (secondary N) is 1. The Hall–Kier alpha value is -1.47. The molecule has 0 bridgehead atoms. The van der Waals surface area contributed by atoms with Crippen LogP contribution in [-0.4, -0.2) is 39.3 Å². The molecule has 0 spiro atoms. The SMILES string of the molecule is NC1CCN(c2n[nH]c(-c3ccc(Br)cn3)n2)CC1. The lowest BCUT2D eigenvalue weighted by molar-refractivity contribution is 0.496. The first-order valence-corrected chi connectivity index (χ1v) is 7.06. The van der Waals surface area contributed by atoms with E-state index in [0.29, 0.717) is 11.9 Å². The fourth-order valence-corrected chi connectivity index (χ4v) is 2.36. The van der Waals surface area contributed by atoms with E-state index in [1.807, 2.05) is 12.1 Å². The molecule has 0 unspecified atom stereocenters. The van der Waals surface area contributed by atoms with Crippen LogP contribution in [0, 0.1) is 0 Å². The fourth-order valence-electron chi connectivity index (χ4n) is 2.12.